The summed E-state index contributed by atoms with van der Waals surface area (Å²) in [7, 11) is 2.67. The maximum Gasteiger partial charge on any atom is 0.513 e. The van der Waals surface area contributed by atoms with E-state index in [1.165, 1.54) is 37.8 Å². The van der Waals surface area contributed by atoms with E-state index in [1.807, 2.05) is 38.1 Å². The molecule has 0 spiro atoms. The highest BCUT2D eigenvalue weighted by atomic mass is 32.2. The first-order valence-electron chi connectivity index (χ1n) is 8.43. The smallest absolute Gasteiger partial charge is 0.493 e. The number of carbonyl (C=O) groups is 2. The first-order valence-corrected chi connectivity index (χ1v) is 9.31. The number of hydrogen-bond acceptors (Lipinski definition) is 7. The molecule has 148 valence electrons. The Labute approximate surface area is 168 Å². The summed E-state index contributed by atoms with van der Waals surface area (Å²) in [6.45, 7) is 3.83. The van der Waals surface area contributed by atoms with E-state index in [9.17, 15) is 9.59 Å². The quantitative estimate of drug-likeness (QED) is 0.249. The monoisotopic (exact) mass is 402 g/mol. The maximum absolute atomic E-state index is 12.2. The Morgan fingerprint density at radius 3 is 2.46 bits per heavy atom. The lowest BCUT2D eigenvalue weighted by atomic mass is 10.2. The van der Waals surface area contributed by atoms with Gasteiger partial charge in [-0.3, -0.25) is 4.79 Å². The number of thioether (sulfide) groups is 1. The minimum absolute atomic E-state index is 0.209. The van der Waals surface area contributed by atoms with Crippen molar-refractivity contribution < 1.29 is 23.8 Å². The molecule has 2 aromatic carbocycles. The van der Waals surface area contributed by atoms with Crippen molar-refractivity contribution in [2.45, 2.75) is 24.0 Å². The molecule has 1 amide bonds. The molecule has 0 aliphatic rings. The molecule has 0 aliphatic heterocycles. The molecule has 0 aromatic heterocycles. The molecular weight excluding hydrogens is 380 g/mol. The number of aryl methyl sites for hydroxylation is 1. The van der Waals surface area contributed by atoms with Gasteiger partial charge in [-0.1, -0.05) is 17.7 Å². The number of amides is 1. The number of hydrazone groups is 1. The average molecular weight is 402 g/mol. The zero-order chi connectivity index (χ0) is 20.5. The highest BCUT2D eigenvalue weighted by molar-refractivity contribution is 8.00. The minimum Gasteiger partial charge on any atom is -0.493 e. The third kappa shape index (κ3) is 6.31. The lowest BCUT2D eigenvalue weighted by Gasteiger charge is -2.10. The molecule has 0 aliphatic carbocycles. The molecule has 0 saturated carbocycles. The fourth-order valence-electron chi connectivity index (χ4n) is 2.12. The summed E-state index contributed by atoms with van der Waals surface area (Å²) < 4.78 is 14.6. The number of methoxy groups -OCH3 is 2. The second-order valence-corrected chi connectivity index (χ2v) is 7.19. The van der Waals surface area contributed by atoms with Crippen LogP contribution in [-0.2, 0) is 9.53 Å². The molecule has 2 rings (SSSR count). The molecule has 0 radical (unpaired) electrons. The largest absolute Gasteiger partial charge is 0.513 e. The third-order valence-electron chi connectivity index (χ3n) is 3.64. The number of ether oxygens (including phenoxy) is 3. The van der Waals surface area contributed by atoms with Gasteiger partial charge in [0, 0.05) is 4.90 Å². The van der Waals surface area contributed by atoms with Gasteiger partial charge in [-0.15, -0.1) is 11.8 Å². The van der Waals surface area contributed by atoms with Gasteiger partial charge in [0.1, 0.15) is 0 Å². The second-order valence-electron chi connectivity index (χ2n) is 5.77. The zero-order valence-corrected chi connectivity index (χ0v) is 16.9. The first-order chi connectivity index (χ1) is 13.4. The Balaban J connectivity index is 1.94. The van der Waals surface area contributed by atoms with Crippen molar-refractivity contribution in [3.05, 3.63) is 53.6 Å². The minimum atomic E-state index is -0.841. The summed E-state index contributed by atoms with van der Waals surface area (Å²) in [4.78, 5) is 24.4. The Morgan fingerprint density at radius 2 is 1.82 bits per heavy atom. The molecule has 2 aromatic rings. The molecule has 7 nitrogen and oxygen atoms in total. The van der Waals surface area contributed by atoms with Gasteiger partial charge in [0.2, 0.25) is 0 Å². The molecule has 0 heterocycles. The number of benzene rings is 2. The van der Waals surface area contributed by atoms with E-state index in [0.29, 0.717) is 11.3 Å². The summed E-state index contributed by atoms with van der Waals surface area (Å²) >= 11 is 1.46. The van der Waals surface area contributed by atoms with E-state index < -0.39 is 6.16 Å². The summed E-state index contributed by atoms with van der Waals surface area (Å²) in [6, 6.07) is 12.8. The maximum atomic E-state index is 12.2. The van der Waals surface area contributed by atoms with Crippen LogP contribution in [0.5, 0.6) is 11.5 Å². The summed E-state index contributed by atoms with van der Waals surface area (Å²) in [5.74, 6) is 0.349. The van der Waals surface area contributed by atoms with E-state index in [4.69, 9.17) is 9.47 Å². The molecule has 0 saturated heterocycles. The van der Waals surface area contributed by atoms with Gasteiger partial charge in [0.25, 0.3) is 5.91 Å². The highest BCUT2D eigenvalue weighted by Crippen LogP contribution is 2.28. The van der Waals surface area contributed by atoms with Crippen LogP contribution in [0.15, 0.2) is 52.5 Å². The number of hydrogen-bond donors (Lipinski definition) is 1. The van der Waals surface area contributed by atoms with Crippen LogP contribution in [0.4, 0.5) is 4.79 Å². The highest BCUT2D eigenvalue weighted by Gasteiger charge is 2.14. The number of nitrogens with zero attached hydrogens (tertiary/aromatic N) is 1. The number of carbonyl (C=O) groups excluding carboxylic acids is 2. The van der Waals surface area contributed by atoms with Crippen molar-refractivity contribution in [1.82, 2.24) is 5.43 Å². The zero-order valence-electron chi connectivity index (χ0n) is 16.1. The van der Waals surface area contributed by atoms with Gasteiger partial charge in [0.05, 0.1) is 25.7 Å². The Hall–Kier alpha value is -3.00. The molecule has 0 unspecified atom stereocenters. The van der Waals surface area contributed by atoms with Crippen LogP contribution in [0.2, 0.25) is 0 Å². The summed E-state index contributed by atoms with van der Waals surface area (Å²) in [5.41, 5.74) is 4.35. The molecule has 28 heavy (non-hydrogen) atoms. The normalized spacial score (nSPS) is 11.7. The van der Waals surface area contributed by atoms with Crippen LogP contribution in [0.25, 0.3) is 0 Å². The van der Waals surface area contributed by atoms with Crippen molar-refractivity contribution in [3.8, 4) is 11.5 Å². The third-order valence-corrected chi connectivity index (χ3v) is 4.75. The van der Waals surface area contributed by atoms with Gasteiger partial charge >= 0.3 is 6.16 Å². The first kappa shape index (κ1) is 21.3. The SMILES string of the molecule is COC(=O)Oc1ccc(/C=N\NC(=O)[C@@H](C)Sc2ccc(C)cc2)cc1OC. The predicted molar refractivity (Wildman–Crippen MR) is 108 cm³/mol. The molecule has 1 atom stereocenters. The summed E-state index contributed by atoms with van der Waals surface area (Å²) in [6.07, 6.45) is 0.637. The Bertz CT molecular complexity index is 852. The standard InChI is InChI=1S/C20H22N2O5S/c1-13-5-8-16(9-6-13)28-14(2)19(23)22-21-12-15-7-10-17(18(11-15)25-3)27-20(24)26-4/h5-12,14H,1-4H3,(H,22,23)/b21-12-/t14-/m1/s1. The number of rotatable bonds is 7. The van der Waals surface area contributed by atoms with Gasteiger partial charge in [-0.2, -0.15) is 5.10 Å². The van der Waals surface area contributed by atoms with E-state index in [1.54, 1.807) is 18.2 Å². The van der Waals surface area contributed by atoms with Gasteiger partial charge in [0.15, 0.2) is 11.5 Å². The Morgan fingerprint density at radius 1 is 1.11 bits per heavy atom. The van der Waals surface area contributed by atoms with E-state index in [2.05, 4.69) is 15.3 Å². The fourth-order valence-corrected chi connectivity index (χ4v) is 2.98. The van der Waals surface area contributed by atoms with Crippen LogP contribution < -0.4 is 14.9 Å². The van der Waals surface area contributed by atoms with Gasteiger partial charge in [-0.05, 0) is 49.7 Å². The van der Waals surface area contributed by atoms with Crippen LogP contribution in [0.1, 0.15) is 18.1 Å². The van der Waals surface area contributed by atoms with E-state index in [-0.39, 0.29) is 16.9 Å². The van der Waals surface area contributed by atoms with E-state index >= 15 is 0 Å². The van der Waals surface area contributed by atoms with Crippen LogP contribution in [0.3, 0.4) is 0 Å². The van der Waals surface area contributed by atoms with Crippen molar-refractivity contribution in [3.63, 3.8) is 0 Å². The van der Waals surface area contributed by atoms with Gasteiger partial charge in [-0.25, -0.2) is 10.2 Å². The molecule has 8 heteroatoms. The van der Waals surface area contributed by atoms with Crippen molar-refractivity contribution in [2.24, 2.45) is 5.10 Å². The predicted octanol–water partition coefficient (Wildman–Crippen LogP) is 3.78. The fraction of sp³-hybridized carbons (Fsp3) is 0.250. The van der Waals surface area contributed by atoms with E-state index in [0.717, 1.165) is 4.90 Å². The van der Waals surface area contributed by atoms with Crippen LogP contribution >= 0.6 is 11.8 Å². The molecule has 1 N–H and O–H groups in total. The molecule has 0 fully saturated rings. The van der Waals surface area contributed by atoms with Crippen molar-refractivity contribution >= 4 is 30.0 Å². The molecule has 0 bridgehead atoms. The van der Waals surface area contributed by atoms with Crippen LogP contribution in [-0.4, -0.2) is 37.7 Å². The second kappa shape index (κ2) is 10.4. The Kier molecular flexibility index (Phi) is 7.88. The average Bonchev–Trinajstić information content (AvgIpc) is 2.70. The lowest BCUT2D eigenvalue weighted by molar-refractivity contribution is -0.120. The molecular formula is C20H22N2O5S. The topological polar surface area (TPSA) is 86.2 Å². The lowest BCUT2D eigenvalue weighted by Crippen LogP contribution is -2.26. The summed E-state index contributed by atoms with van der Waals surface area (Å²) in [5, 5.41) is 3.67. The van der Waals surface area contributed by atoms with Crippen LogP contribution in [0, 0.1) is 6.92 Å². The van der Waals surface area contributed by atoms with Crippen molar-refractivity contribution in [2.75, 3.05) is 14.2 Å². The number of nitrogens with one attached hydrogen (secondary N) is 1. The van der Waals surface area contributed by atoms with Gasteiger partial charge < -0.3 is 14.2 Å². The van der Waals surface area contributed by atoms with Crippen molar-refractivity contribution in [1.29, 1.82) is 0 Å².